The number of aldehydes is 1. The number of hydrogen-bond acceptors (Lipinski definition) is 5. The van der Waals surface area contributed by atoms with Gasteiger partial charge in [-0.05, 0) is 48.9 Å². The van der Waals surface area contributed by atoms with E-state index in [1.807, 2.05) is 0 Å². The summed E-state index contributed by atoms with van der Waals surface area (Å²) in [6.07, 6.45) is 5.29. The van der Waals surface area contributed by atoms with Crippen molar-refractivity contribution < 1.29 is 23.8 Å². The summed E-state index contributed by atoms with van der Waals surface area (Å²) in [7, 11) is 1.45. The topological polar surface area (TPSA) is 61.8 Å². The van der Waals surface area contributed by atoms with E-state index in [2.05, 4.69) is 6.92 Å². The molecule has 0 atom stereocenters. The maximum absolute atomic E-state index is 12.3. The number of hydrogen-bond donors (Lipinski definition) is 0. The lowest BCUT2D eigenvalue weighted by molar-refractivity contribution is 0.0729. The second-order valence-corrected chi connectivity index (χ2v) is 5.85. The molecule has 0 heterocycles. The fourth-order valence-electron chi connectivity index (χ4n) is 2.41. The van der Waals surface area contributed by atoms with Gasteiger partial charge in [-0.3, -0.25) is 4.79 Å². The fourth-order valence-corrected chi connectivity index (χ4v) is 2.41. The minimum absolute atomic E-state index is 0.263. The largest absolute Gasteiger partial charge is 0.494 e. The van der Waals surface area contributed by atoms with Crippen LogP contribution in [0.4, 0.5) is 0 Å². The SMILES string of the molecule is CCCCCCOc1ccc(C(=O)Oc2ccc(C=O)cc2OC)cc1. The third kappa shape index (κ3) is 5.62. The highest BCUT2D eigenvalue weighted by Gasteiger charge is 2.13. The van der Waals surface area contributed by atoms with Crippen LogP contribution in [0.25, 0.3) is 0 Å². The molecule has 2 aromatic carbocycles. The molecule has 0 amide bonds. The first kappa shape index (κ1) is 19.5. The molecule has 5 heteroatoms. The Labute approximate surface area is 153 Å². The van der Waals surface area contributed by atoms with Crippen LogP contribution in [-0.2, 0) is 0 Å². The lowest BCUT2D eigenvalue weighted by atomic mass is 10.2. The van der Waals surface area contributed by atoms with E-state index in [1.165, 1.54) is 32.1 Å². The predicted molar refractivity (Wildman–Crippen MR) is 99.4 cm³/mol. The average Bonchev–Trinajstić information content (AvgIpc) is 2.68. The zero-order valence-corrected chi connectivity index (χ0v) is 15.2. The van der Waals surface area contributed by atoms with Crippen molar-refractivity contribution in [3.8, 4) is 17.2 Å². The Hall–Kier alpha value is -2.82. The average molecular weight is 356 g/mol. The van der Waals surface area contributed by atoms with Gasteiger partial charge in [0.05, 0.1) is 19.3 Å². The number of carbonyl (C=O) groups excluding carboxylic acids is 2. The van der Waals surface area contributed by atoms with E-state index in [9.17, 15) is 9.59 Å². The summed E-state index contributed by atoms with van der Waals surface area (Å²) in [6, 6.07) is 11.4. The van der Waals surface area contributed by atoms with Crippen molar-refractivity contribution in [2.45, 2.75) is 32.6 Å². The second-order valence-electron chi connectivity index (χ2n) is 5.85. The lowest BCUT2D eigenvalue weighted by Gasteiger charge is -2.10. The van der Waals surface area contributed by atoms with Crippen LogP contribution in [0.5, 0.6) is 17.2 Å². The van der Waals surface area contributed by atoms with Gasteiger partial charge in [-0.1, -0.05) is 26.2 Å². The highest BCUT2D eigenvalue weighted by atomic mass is 16.6. The van der Waals surface area contributed by atoms with Crippen molar-refractivity contribution in [2.75, 3.05) is 13.7 Å². The Kier molecular flexibility index (Phi) is 7.68. The van der Waals surface area contributed by atoms with Crippen LogP contribution in [-0.4, -0.2) is 26.0 Å². The second kappa shape index (κ2) is 10.2. The molecule has 0 aliphatic rings. The summed E-state index contributed by atoms with van der Waals surface area (Å²) in [5.74, 6) is 0.817. The zero-order valence-electron chi connectivity index (χ0n) is 15.2. The van der Waals surface area contributed by atoms with Gasteiger partial charge in [-0.2, -0.15) is 0 Å². The Morgan fingerprint density at radius 2 is 1.77 bits per heavy atom. The highest BCUT2D eigenvalue weighted by molar-refractivity contribution is 5.91. The molecule has 0 unspecified atom stereocenters. The van der Waals surface area contributed by atoms with Gasteiger partial charge in [-0.25, -0.2) is 4.79 Å². The number of rotatable bonds is 10. The van der Waals surface area contributed by atoms with Crippen LogP contribution < -0.4 is 14.2 Å². The molecule has 26 heavy (non-hydrogen) atoms. The van der Waals surface area contributed by atoms with E-state index >= 15 is 0 Å². The van der Waals surface area contributed by atoms with Crippen LogP contribution in [0.1, 0.15) is 53.3 Å². The molecule has 5 nitrogen and oxygen atoms in total. The van der Waals surface area contributed by atoms with Gasteiger partial charge in [0.1, 0.15) is 12.0 Å². The predicted octanol–water partition coefficient (Wildman–Crippen LogP) is 4.69. The number of esters is 1. The number of benzene rings is 2. The van der Waals surface area contributed by atoms with Crippen LogP contribution >= 0.6 is 0 Å². The molecule has 0 aromatic heterocycles. The quantitative estimate of drug-likeness (QED) is 0.268. The Balaban J connectivity index is 1.94. The summed E-state index contributed by atoms with van der Waals surface area (Å²) in [5, 5.41) is 0. The van der Waals surface area contributed by atoms with Crippen molar-refractivity contribution in [1.29, 1.82) is 0 Å². The smallest absolute Gasteiger partial charge is 0.343 e. The lowest BCUT2D eigenvalue weighted by Crippen LogP contribution is -2.09. The van der Waals surface area contributed by atoms with Crippen molar-refractivity contribution in [3.05, 3.63) is 53.6 Å². The number of carbonyl (C=O) groups is 2. The molecular formula is C21H24O5. The van der Waals surface area contributed by atoms with Crippen LogP contribution in [0.2, 0.25) is 0 Å². The van der Waals surface area contributed by atoms with Gasteiger partial charge in [0, 0.05) is 5.56 Å². The van der Waals surface area contributed by atoms with Crippen LogP contribution in [0, 0.1) is 0 Å². The van der Waals surface area contributed by atoms with E-state index in [-0.39, 0.29) is 5.75 Å². The Morgan fingerprint density at radius 1 is 1.00 bits per heavy atom. The van der Waals surface area contributed by atoms with Gasteiger partial charge in [0.25, 0.3) is 0 Å². The molecule has 0 saturated heterocycles. The summed E-state index contributed by atoms with van der Waals surface area (Å²) >= 11 is 0. The highest BCUT2D eigenvalue weighted by Crippen LogP contribution is 2.28. The molecule has 2 aromatic rings. The first-order chi connectivity index (χ1) is 12.7. The maximum Gasteiger partial charge on any atom is 0.343 e. The molecule has 2 rings (SSSR count). The summed E-state index contributed by atoms with van der Waals surface area (Å²) in [5.41, 5.74) is 0.854. The maximum atomic E-state index is 12.3. The normalized spacial score (nSPS) is 10.2. The molecule has 0 aliphatic carbocycles. The van der Waals surface area contributed by atoms with Gasteiger partial charge in [-0.15, -0.1) is 0 Å². The molecular weight excluding hydrogens is 332 g/mol. The molecule has 0 fully saturated rings. The summed E-state index contributed by atoms with van der Waals surface area (Å²) in [6.45, 7) is 2.84. The van der Waals surface area contributed by atoms with E-state index < -0.39 is 5.97 Å². The van der Waals surface area contributed by atoms with Crippen LogP contribution in [0.15, 0.2) is 42.5 Å². The number of ether oxygens (including phenoxy) is 3. The van der Waals surface area contributed by atoms with Crippen molar-refractivity contribution in [1.82, 2.24) is 0 Å². The van der Waals surface area contributed by atoms with Gasteiger partial charge < -0.3 is 14.2 Å². The van der Waals surface area contributed by atoms with E-state index in [4.69, 9.17) is 14.2 Å². The number of unbranched alkanes of at least 4 members (excludes halogenated alkanes) is 3. The molecule has 0 bridgehead atoms. The summed E-state index contributed by atoms with van der Waals surface area (Å²) in [4.78, 5) is 23.1. The van der Waals surface area contributed by atoms with Gasteiger partial charge in [0.15, 0.2) is 11.5 Å². The molecule has 0 radical (unpaired) electrons. The fraction of sp³-hybridized carbons (Fsp3) is 0.333. The molecule has 0 N–H and O–H groups in total. The zero-order chi connectivity index (χ0) is 18.8. The number of methoxy groups -OCH3 is 1. The molecule has 0 spiro atoms. The van der Waals surface area contributed by atoms with Crippen molar-refractivity contribution in [3.63, 3.8) is 0 Å². The monoisotopic (exact) mass is 356 g/mol. The minimum atomic E-state index is -0.503. The molecule has 138 valence electrons. The summed E-state index contributed by atoms with van der Waals surface area (Å²) < 4.78 is 16.2. The molecule has 0 saturated carbocycles. The third-order valence-electron chi connectivity index (χ3n) is 3.88. The first-order valence-corrected chi connectivity index (χ1v) is 8.76. The molecule has 0 aliphatic heterocycles. The van der Waals surface area contributed by atoms with Crippen LogP contribution in [0.3, 0.4) is 0 Å². The minimum Gasteiger partial charge on any atom is -0.494 e. The Morgan fingerprint density at radius 3 is 2.42 bits per heavy atom. The van der Waals surface area contributed by atoms with Gasteiger partial charge >= 0.3 is 5.97 Å². The van der Waals surface area contributed by atoms with Crippen molar-refractivity contribution >= 4 is 12.3 Å². The van der Waals surface area contributed by atoms with E-state index in [0.29, 0.717) is 29.8 Å². The standard InChI is InChI=1S/C21H24O5/c1-3-4-5-6-13-25-18-10-8-17(9-11-18)21(23)26-19-12-7-16(15-22)14-20(19)24-2/h7-12,14-15H,3-6,13H2,1-2H3. The van der Waals surface area contributed by atoms with E-state index in [0.717, 1.165) is 18.6 Å². The van der Waals surface area contributed by atoms with E-state index in [1.54, 1.807) is 30.3 Å². The first-order valence-electron chi connectivity index (χ1n) is 8.76. The van der Waals surface area contributed by atoms with Gasteiger partial charge in [0.2, 0.25) is 0 Å². The van der Waals surface area contributed by atoms with Crippen molar-refractivity contribution in [2.24, 2.45) is 0 Å². The third-order valence-corrected chi connectivity index (χ3v) is 3.88. The Bertz CT molecular complexity index is 722.